The van der Waals surface area contributed by atoms with Crippen LogP contribution in [0.5, 0.6) is 0 Å². The molecular weight excluding hydrogens is 807 g/mol. The van der Waals surface area contributed by atoms with Gasteiger partial charge in [0.2, 0.25) is 29.5 Å². The lowest BCUT2D eigenvalue weighted by Gasteiger charge is -2.26. The second-order valence-corrected chi connectivity index (χ2v) is 16.3. The molecule has 7 rings (SSSR count). The van der Waals surface area contributed by atoms with E-state index in [9.17, 15) is 38.7 Å². The first-order valence-electron chi connectivity index (χ1n) is 20.5. The minimum Gasteiger partial charge on any atom is -0.481 e. The summed E-state index contributed by atoms with van der Waals surface area (Å²) in [5.74, 6) is -5.27. The topological polar surface area (TPSA) is 200 Å². The molecule has 0 aliphatic carbocycles. The van der Waals surface area contributed by atoms with Gasteiger partial charge in [-0.3, -0.25) is 33.6 Å². The molecular formula is C48H49N5O8S. The molecule has 4 aromatic carbocycles. The lowest BCUT2D eigenvalue weighted by atomic mass is 9.89. The molecule has 0 saturated heterocycles. The monoisotopic (exact) mass is 855 g/mol. The predicted octanol–water partition coefficient (Wildman–Crippen LogP) is 5.04. The third-order valence-electron chi connectivity index (χ3n) is 10.5. The molecule has 0 fully saturated rings. The highest BCUT2D eigenvalue weighted by Gasteiger charge is 2.33. The fraction of sp³-hybridized carbons (Fsp3) is 0.271. The number of rotatable bonds is 11. The van der Waals surface area contributed by atoms with Gasteiger partial charge in [0.1, 0.15) is 12.1 Å². The average Bonchev–Trinajstić information content (AvgIpc) is 3.79. The lowest BCUT2D eigenvalue weighted by Crippen LogP contribution is -2.57. The maximum atomic E-state index is 14.6. The van der Waals surface area contributed by atoms with Gasteiger partial charge < -0.3 is 31.7 Å². The van der Waals surface area contributed by atoms with Crippen molar-refractivity contribution in [3.63, 3.8) is 0 Å². The van der Waals surface area contributed by atoms with Crippen molar-refractivity contribution in [1.82, 2.24) is 21.3 Å². The molecule has 320 valence electrons. The number of amides is 5. The second kappa shape index (κ2) is 22.1. The van der Waals surface area contributed by atoms with Crippen molar-refractivity contribution in [2.45, 2.75) is 69.5 Å². The van der Waals surface area contributed by atoms with Gasteiger partial charge in [-0.1, -0.05) is 103 Å². The van der Waals surface area contributed by atoms with Crippen LogP contribution in [0.4, 0.5) is 5.69 Å². The Morgan fingerprint density at radius 3 is 1.87 bits per heavy atom. The van der Waals surface area contributed by atoms with Crippen molar-refractivity contribution in [3.8, 4) is 11.1 Å². The number of benzene rings is 4. The van der Waals surface area contributed by atoms with E-state index in [4.69, 9.17) is 0 Å². The van der Waals surface area contributed by atoms with Crippen molar-refractivity contribution < 1.29 is 38.7 Å². The molecule has 13 nitrogen and oxygen atoms in total. The third-order valence-corrected chi connectivity index (χ3v) is 11.4. The first-order chi connectivity index (χ1) is 30.0. The Morgan fingerprint density at radius 2 is 1.21 bits per heavy atom. The number of fused-ring (bicyclic) bond motifs is 18. The van der Waals surface area contributed by atoms with Crippen LogP contribution in [0.2, 0.25) is 0 Å². The molecule has 2 aliphatic heterocycles. The SMILES string of the molecule is O=C(O)CCNC(=O)[C@H]1CC(=O)[C@@H](Cc2ccccc2)NC(=O)[C@H](Cc2ccc(-c3ccccc3)cc2)NC(=O)[C@@H](Cc2cccs2)NC(=O)CCC(=O)Nc2ccc(cc2)C1. The number of Topliss-reactive ketones (excluding diaryl/α,β-unsaturated/α-hetero) is 1. The summed E-state index contributed by atoms with van der Waals surface area (Å²) in [7, 11) is 0. The number of nitrogens with one attached hydrogen (secondary N) is 5. The standard InChI is InChI=1S/C48H49N5O8S/c54-42-29-36(46(59)49-24-23-45(57)58)26-32-15-19-37(20-16-32)50-43(55)21-22-44(56)51-41(30-38-12-7-25-62-38)48(61)53-40(47(60)52-39(42)27-31-8-3-1-4-9-31)28-33-13-17-35(18-14-33)34-10-5-2-6-11-34/h1-20,25,36,39-41H,21-24,26-30H2,(H,49,59)(H,50,55)(H,51,56)(H,52,60)(H,53,61)(H,57,58)/t36-,39-,40+,41-/m1/s1. The predicted molar refractivity (Wildman–Crippen MR) is 236 cm³/mol. The van der Waals surface area contributed by atoms with E-state index in [2.05, 4.69) is 26.6 Å². The molecule has 5 amide bonds. The van der Waals surface area contributed by atoms with E-state index in [0.29, 0.717) is 11.3 Å². The molecule has 6 N–H and O–H groups in total. The Bertz CT molecular complexity index is 2320. The number of carboxylic acid groups (broad SMARTS) is 1. The van der Waals surface area contributed by atoms with Crippen LogP contribution in [0.1, 0.15) is 47.3 Å². The van der Waals surface area contributed by atoms with E-state index in [0.717, 1.165) is 27.1 Å². The number of hydrogen-bond acceptors (Lipinski definition) is 8. The highest BCUT2D eigenvalue weighted by atomic mass is 32.1. The summed E-state index contributed by atoms with van der Waals surface area (Å²) in [6.45, 7) is -0.146. The first kappa shape index (κ1) is 44.6. The average molecular weight is 856 g/mol. The molecule has 14 heteroatoms. The molecule has 5 aromatic rings. The highest BCUT2D eigenvalue weighted by Crippen LogP contribution is 2.22. The van der Waals surface area contributed by atoms with Gasteiger partial charge in [-0.25, -0.2) is 0 Å². The highest BCUT2D eigenvalue weighted by molar-refractivity contribution is 7.09. The Hall–Kier alpha value is -6.93. The van der Waals surface area contributed by atoms with Crippen LogP contribution < -0.4 is 26.6 Å². The zero-order valence-corrected chi connectivity index (χ0v) is 34.8. The Balaban J connectivity index is 1.35. The molecule has 0 radical (unpaired) electrons. The fourth-order valence-corrected chi connectivity index (χ4v) is 7.95. The van der Waals surface area contributed by atoms with Gasteiger partial charge in [-0.2, -0.15) is 0 Å². The number of aliphatic carboxylic acids is 1. The van der Waals surface area contributed by atoms with E-state index in [-0.39, 0.29) is 57.9 Å². The molecule has 62 heavy (non-hydrogen) atoms. The van der Waals surface area contributed by atoms with Gasteiger partial charge in [-0.05, 0) is 64.2 Å². The van der Waals surface area contributed by atoms with E-state index in [1.54, 1.807) is 24.3 Å². The quantitative estimate of drug-likeness (QED) is 0.0994. The number of carbonyl (C=O) groups excluding carboxylic acids is 6. The van der Waals surface area contributed by atoms with Crippen LogP contribution in [0.15, 0.2) is 127 Å². The van der Waals surface area contributed by atoms with Gasteiger partial charge in [0.25, 0.3) is 0 Å². The molecule has 0 spiro atoms. The second-order valence-electron chi connectivity index (χ2n) is 15.2. The zero-order valence-electron chi connectivity index (χ0n) is 34.0. The van der Waals surface area contributed by atoms with Crippen molar-refractivity contribution >= 4 is 58.3 Å². The Morgan fingerprint density at radius 1 is 0.613 bits per heavy atom. The minimum atomic E-state index is -1.22. The van der Waals surface area contributed by atoms with Gasteiger partial charge >= 0.3 is 5.97 Å². The Labute approximate surface area is 363 Å². The van der Waals surface area contributed by atoms with Crippen LogP contribution in [0.3, 0.4) is 0 Å². The van der Waals surface area contributed by atoms with Gasteiger partial charge in [0.05, 0.1) is 12.5 Å². The molecule has 1 aromatic heterocycles. The first-order valence-corrected chi connectivity index (χ1v) is 21.4. The summed E-state index contributed by atoms with van der Waals surface area (Å²) in [5.41, 5.74) is 4.53. The molecule has 3 heterocycles. The normalized spacial score (nSPS) is 19.3. The largest absolute Gasteiger partial charge is 0.481 e. The van der Waals surface area contributed by atoms with Crippen LogP contribution in [-0.2, 0) is 59.2 Å². The summed E-state index contributed by atoms with van der Waals surface area (Å²) in [4.78, 5) is 95.3. The van der Waals surface area contributed by atoms with E-state index >= 15 is 0 Å². The summed E-state index contributed by atoms with van der Waals surface area (Å²) >= 11 is 1.40. The van der Waals surface area contributed by atoms with Crippen LogP contribution in [-0.4, -0.2) is 71.1 Å². The minimum absolute atomic E-state index is 0.0309. The summed E-state index contributed by atoms with van der Waals surface area (Å²) in [6.07, 6.45) is -0.674. The lowest BCUT2D eigenvalue weighted by molar-refractivity contribution is -0.137. The van der Waals surface area contributed by atoms with Crippen LogP contribution in [0.25, 0.3) is 11.1 Å². The number of carbonyl (C=O) groups is 7. The van der Waals surface area contributed by atoms with Crippen molar-refractivity contribution in [3.05, 3.63) is 148 Å². The van der Waals surface area contributed by atoms with Crippen molar-refractivity contribution in [2.24, 2.45) is 5.92 Å². The number of hydrogen-bond donors (Lipinski definition) is 6. The third kappa shape index (κ3) is 13.5. The van der Waals surface area contributed by atoms with E-state index < -0.39 is 65.3 Å². The zero-order chi connectivity index (χ0) is 43.8. The van der Waals surface area contributed by atoms with Crippen LogP contribution >= 0.6 is 11.3 Å². The van der Waals surface area contributed by atoms with E-state index in [1.165, 1.54) is 11.3 Å². The van der Waals surface area contributed by atoms with Crippen LogP contribution in [0, 0.1) is 5.92 Å². The number of ketones is 1. The Kier molecular flexibility index (Phi) is 15.9. The maximum Gasteiger partial charge on any atom is 0.305 e. The summed E-state index contributed by atoms with van der Waals surface area (Å²) in [5, 5.41) is 25.0. The molecule has 2 bridgehead atoms. The smallest absolute Gasteiger partial charge is 0.305 e. The van der Waals surface area contributed by atoms with Gasteiger partial charge in [-0.15, -0.1) is 11.3 Å². The van der Waals surface area contributed by atoms with E-state index in [1.807, 2.05) is 102 Å². The molecule has 0 unspecified atom stereocenters. The number of thiophene rings is 1. The van der Waals surface area contributed by atoms with Gasteiger partial charge in [0, 0.05) is 55.1 Å². The fourth-order valence-electron chi connectivity index (χ4n) is 7.19. The number of carboxylic acids is 1. The maximum absolute atomic E-state index is 14.6. The molecule has 0 saturated carbocycles. The number of anilines is 1. The molecule has 4 atom stereocenters. The summed E-state index contributed by atoms with van der Waals surface area (Å²) < 4.78 is 0. The van der Waals surface area contributed by atoms with Crippen molar-refractivity contribution in [1.29, 1.82) is 0 Å². The molecule has 2 aliphatic rings. The summed E-state index contributed by atoms with van der Waals surface area (Å²) in [6, 6.07) is 33.3. The van der Waals surface area contributed by atoms with Gasteiger partial charge in [0.15, 0.2) is 5.78 Å². The van der Waals surface area contributed by atoms with Crippen molar-refractivity contribution in [2.75, 3.05) is 11.9 Å².